The fourth-order valence-corrected chi connectivity index (χ4v) is 3.40. The van der Waals surface area contributed by atoms with Crippen molar-refractivity contribution >= 4 is 38.4 Å². The van der Waals surface area contributed by atoms with Crippen LogP contribution >= 0.6 is 27.3 Å². The Morgan fingerprint density at radius 1 is 1.39 bits per heavy atom. The van der Waals surface area contributed by atoms with E-state index in [1.807, 2.05) is 29.6 Å². The molecule has 1 aromatic carbocycles. The van der Waals surface area contributed by atoms with Gasteiger partial charge in [0.1, 0.15) is 0 Å². The molecule has 0 fully saturated rings. The lowest BCUT2D eigenvalue weighted by Crippen LogP contribution is -2.08. The van der Waals surface area contributed by atoms with Gasteiger partial charge in [0.25, 0.3) is 0 Å². The molecule has 0 aliphatic rings. The monoisotopic (exact) mass is 323 g/mol. The predicted molar refractivity (Wildman–Crippen MR) is 76.5 cm³/mol. The lowest BCUT2D eigenvalue weighted by Gasteiger charge is -2.07. The second kappa shape index (κ2) is 4.40. The highest BCUT2D eigenvalue weighted by Crippen LogP contribution is 2.34. The first-order chi connectivity index (χ1) is 8.66. The van der Waals surface area contributed by atoms with E-state index in [9.17, 15) is 4.79 Å². The number of halogens is 1. The molecule has 1 unspecified atom stereocenters. The third-order valence-electron chi connectivity index (χ3n) is 2.90. The smallest absolute Gasteiger partial charge is 0.408 e. The van der Waals surface area contributed by atoms with Crippen LogP contribution in [0.5, 0.6) is 0 Å². The van der Waals surface area contributed by atoms with Crippen molar-refractivity contribution in [3.05, 3.63) is 56.7 Å². The second-order valence-corrected chi connectivity index (χ2v) is 5.93. The molecule has 0 aliphatic heterocycles. The molecule has 3 aromatic rings. The number of oxazole rings is 1. The van der Waals surface area contributed by atoms with Gasteiger partial charge in [0.05, 0.1) is 10.3 Å². The molecule has 0 spiro atoms. The largest absolute Gasteiger partial charge is 0.419 e. The summed E-state index contributed by atoms with van der Waals surface area (Å²) in [4.78, 5) is 12.8. The van der Waals surface area contributed by atoms with E-state index < -0.39 is 0 Å². The van der Waals surface area contributed by atoms with E-state index in [1.165, 1.54) is 9.44 Å². The highest BCUT2D eigenvalue weighted by Gasteiger charge is 2.14. The summed E-state index contributed by atoms with van der Waals surface area (Å²) >= 11 is 5.36. The van der Waals surface area contributed by atoms with Gasteiger partial charge in [-0.1, -0.05) is 28.1 Å². The molecule has 92 valence electrons. The third-order valence-corrected chi connectivity index (χ3v) is 5.16. The van der Waals surface area contributed by atoms with Gasteiger partial charge in [-0.05, 0) is 29.1 Å². The zero-order valence-corrected chi connectivity index (χ0v) is 12.0. The fourth-order valence-electron chi connectivity index (χ4n) is 1.91. The highest BCUT2D eigenvalue weighted by atomic mass is 79.9. The van der Waals surface area contributed by atoms with Crippen molar-refractivity contribution < 1.29 is 4.42 Å². The lowest BCUT2D eigenvalue weighted by molar-refractivity contribution is 0.528. The van der Waals surface area contributed by atoms with Crippen LogP contribution in [0.4, 0.5) is 0 Å². The van der Waals surface area contributed by atoms with Gasteiger partial charge in [0, 0.05) is 11.9 Å². The molecule has 1 atom stereocenters. The van der Waals surface area contributed by atoms with Crippen LogP contribution in [-0.4, -0.2) is 4.57 Å². The Morgan fingerprint density at radius 3 is 2.94 bits per heavy atom. The van der Waals surface area contributed by atoms with Crippen molar-refractivity contribution in [2.45, 2.75) is 4.83 Å². The normalized spacial score (nSPS) is 13.0. The van der Waals surface area contributed by atoms with E-state index in [-0.39, 0.29) is 10.6 Å². The standard InChI is InChI=1S/C13H10BrNO2S/c1-15-9-5-4-8(7-10(9)17-13(15)16)12(14)11-3-2-6-18-11/h2-7,12H,1H3. The molecular formula is C13H10BrNO2S. The molecule has 2 aromatic heterocycles. The zero-order valence-electron chi connectivity index (χ0n) is 9.59. The third kappa shape index (κ3) is 1.83. The molecule has 5 heteroatoms. The minimum Gasteiger partial charge on any atom is -0.408 e. The number of fused-ring (bicyclic) bond motifs is 1. The van der Waals surface area contributed by atoms with Crippen LogP contribution < -0.4 is 5.76 Å². The first kappa shape index (κ1) is 11.7. The van der Waals surface area contributed by atoms with Crippen LogP contribution in [0.15, 0.2) is 44.9 Å². The number of hydrogen-bond donors (Lipinski definition) is 0. The van der Waals surface area contributed by atoms with Crippen molar-refractivity contribution in [3.8, 4) is 0 Å². The number of benzene rings is 1. The van der Waals surface area contributed by atoms with E-state index in [1.54, 1.807) is 18.4 Å². The Morgan fingerprint density at radius 2 is 2.22 bits per heavy atom. The summed E-state index contributed by atoms with van der Waals surface area (Å²) in [7, 11) is 1.71. The van der Waals surface area contributed by atoms with E-state index in [0.717, 1.165) is 11.1 Å². The maximum Gasteiger partial charge on any atom is 0.419 e. The Kier molecular flexibility index (Phi) is 2.87. The molecule has 0 radical (unpaired) electrons. The number of nitrogens with zero attached hydrogens (tertiary/aromatic N) is 1. The number of alkyl halides is 1. The molecule has 0 saturated heterocycles. The van der Waals surface area contributed by atoms with Crippen molar-refractivity contribution in [2.75, 3.05) is 0 Å². The molecule has 0 N–H and O–H groups in total. The Bertz CT molecular complexity index is 742. The fraction of sp³-hybridized carbons (Fsp3) is 0.154. The summed E-state index contributed by atoms with van der Waals surface area (Å²) in [6, 6.07) is 9.94. The lowest BCUT2D eigenvalue weighted by atomic mass is 10.1. The number of hydrogen-bond acceptors (Lipinski definition) is 3. The summed E-state index contributed by atoms with van der Waals surface area (Å²) in [6.45, 7) is 0. The van der Waals surface area contributed by atoms with Crippen LogP contribution in [-0.2, 0) is 7.05 Å². The SMILES string of the molecule is Cn1c(=O)oc2cc(C(Br)c3cccs3)ccc21. The topological polar surface area (TPSA) is 35.1 Å². The minimum absolute atomic E-state index is 0.132. The van der Waals surface area contributed by atoms with Gasteiger partial charge in [-0.3, -0.25) is 4.57 Å². The molecule has 0 amide bonds. The summed E-state index contributed by atoms with van der Waals surface area (Å²) in [5, 5.41) is 2.05. The first-order valence-corrected chi connectivity index (χ1v) is 7.23. The maximum absolute atomic E-state index is 11.4. The molecule has 3 rings (SSSR count). The molecule has 0 aliphatic carbocycles. The van der Waals surface area contributed by atoms with Crippen LogP contribution in [0.2, 0.25) is 0 Å². The van der Waals surface area contributed by atoms with E-state index in [4.69, 9.17) is 4.42 Å². The van der Waals surface area contributed by atoms with E-state index >= 15 is 0 Å². The van der Waals surface area contributed by atoms with Gasteiger partial charge >= 0.3 is 5.76 Å². The average Bonchev–Trinajstić information content (AvgIpc) is 2.98. The minimum atomic E-state index is -0.329. The average molecular weight is 324 g/mol. The van der Waals surface area contributed by atoms with Gasteiger partial charge in [-0.2, -0.15) is 0 Å². The second-order valence-electron chi connectivity index (χ2n) is 4.03. The van der Waals surface area contributed by atoms with Crippen LogP contribution in [0.25, 0.3) is 11.1 Å². The van der Waals surface area contributed by atoms with Crippen molar-refractivity contribution in [1.82, 2.24) is 4.57 Å². The highest BCUT2D eigenvalue weighted by molar-refractivity contribution is 9.09. The molecule has 2 heterocycles. The number of rotatable bonds is 2. The Hall–Kier alpha value is -1.33. The van der Waals surface area contributed by atoms with Crippen molar-refractivity contribution in [3.63, 3.8) is 0 Å². The molecule has 0 saturated carbocycles. The van der Waals surface area contributed by atoms with Gasteiger partial charge in [-0.15, -0.1) is 11.3 Å². The number of aromatic nitrogens is 1. The number of aryl methyl sites for hydroxylation is 1. The van der Waals surface area contributed by atoms with Gasteiger partial charge in [-0.25, -0.2) is 4.79 Å². The molecule has 0 bridgehead atoms. The van der Waals surface area contributed by atoms with Crippen LogP contribution in [0, 0.1) is 0 Å². The summed E-state index contributed by atoms with van der Waals surface area (Å²) in [6.07, 6.45) is 0. The summed E-state index contributed by atoms with van der Waals surface area (Å²) in [5.74, 6) is -0.329. The Balaban J connectivity index is 2.11. The quantitative estimate of drug-likeness (QED) is 0.674. The molecule has 3 nitrogen and oxygen atoms in total. The van der Waals surface area contributed by atoms with Crippen molar-refractivity contribution in [1.29, 1.82) is 0 Å². The first-order valence-electron chi connectivity index (χ1n) is 5.44. The Labute approximate surface area is 116 Å². The van der Waals surface area contributed by atoms with Crippen LogP contribution in [0.3, 0.4) is 0 Å². The maximum atomic E-state index is 11.4. The van der Waals surface area contributed by atoms with Crippen molar-refractivity contribution in [2.24, 2.45) is 7.05 Å². The summed E-state index contributed by atoms with van der Waals surface area (Å²) < 4.78 is 6.70. The zero-order chi connectivity index (χ0) is 12.7. The molecule has 18 heavy (non-hydrogen) atoms. The van der Waals surface area contributed by atoms with E-state index in [0.29, 0.717) is 5.58 Å². The number of thiophene rings is 1. The van der Waals surface area contributed by atoms with Gasteiger partial charge in [0.2, 0.25) is 0 Å². The van der Waals surface area contributed by atoms with Gasteiger partial charge in [0.15, 0.2) is 5.58 Å². The van der Waals surface area contributed by atoms with Gasteiger partial charge < -0.3 is 4.42 Å². The predicted octanol–water partition coefficient (Wildman–Crippen LogP) is 3.68. The molecular weight excluding hydrogens is 314 g/mol. The van der Waals surface area contributed by atoms with Crippen LogP contribution in [0.1, 0.15) is 15.3 Å². The summed E-state index contributed by atoms with van der Waals surface area (Å²) in [5.41, 5.74) is 2.52. The van der Waals surface area contributed by atoms with E-state index in [2.05, 4.69) is 22.0 Å².